The number of aliphatic hydroxyl groups is 2. The molecule has 2 aromatic carbocycles. The summed E-state index contributed by atoms with van der Waals surface area (Å²) >= 11 is 0. The van der Waals surface area contributed by atoms with E-state index in [1.807, 2.05) is 85.0 Å². The molecule has 0 bridgehead atoms. The largest absolute Gasteiger partial charge is 2.00 e. The van der Waals surface area contributed by atoms with Crippen molar-refractivity contribution in [1.82, 2.24) is 0 Å². The van der Waals surface area contributed by atoms with Gasteiger partial charge in [0.15, 0.2) is 11.5 Å². The summed E-state index contributed by atoms with van der Waals surface area (Å²) < 4.78 is 0. The molecule has 0 amide bonds. The predicted molar refractivity (Wildman–Crippen MR) is 99.9 cm³/mol. The van der Waals surface area contributed by atoms with Gasteiger partial charge in [0.25, 0.3) is 0 Å². The standard InChI is InChI=1S/C12H10O2.2C5H5.2Fe/c13-11(9-5-1-2-6-9)12(14)10-7-3-4-8-10;2*1-2-4-5-3-1;;/h1-8,13-14H;2*1-5H;;/q;2*-1;;+2. The van der Waals surface area contributed by atoms with E-state index in [1.165, 1.54) is 0 Å². The van der Waals surface area contributed by atoms with Gasteiger partial charge in [-0.25, -0.2) is 24.3 Å². The molecule has 0 heterocycles. The van der Waals surface area contributed by atoms with Gasteiger partial charge in [-0.3, -0.25) is 0 Å². The van der Waals surface area contributed by atoms with E-state index in [9.17, 15) is 10.2 Å². The second-order valence-corrected chi connectivity index (χ2v) is 4.97. The Kier molecular flexibility index (Phi) is 12.8. The fraction of sp³-hybridized carbons (Fsp3) is 0. The molecule has 0 fully saturated rings. The summed E-state index contributed by atoms with van der Waals surface area (Å²) in [5.41, 5.74) is 1.26. The van der Waals surface area contributed by atoms with Crippen molar-refractivity contribution < 1.29 is 44.4 Å². The van der Waals surface area contributed by atoms with Gasteiger partial charge in [-0.1, -0.05) is 48.6 Å². The first-order valence-electron chi connectivity index (χ1n) is 7.69. The van der Waals surface area contributed by atoms with Crippen molar-refractivity contribution in [2.75, 3.05) is 0 Å². The van der Waals surface area contributed by atoms with Gasteiger partial charge in [-0.2, -0.15) is 36.4 Å². The average molecular weight is 428 g/mol. The zero-order valence-electron chi connectivity index (χ0n) is 14.0. The second-order valence-electron chi connectivity index (χ2n) is 4.97. The van der Waals surface area contributed by atoms with E-state index in [0.717, 1.165) is 0 Å². The molecular weight excluding hydrogens is 408 g/mol. The van der Waals surface area contributed by atoms with E-state index in [1.54, 1.807) is 24.3 Å². The van der Waals surface area contributed by atoms with Crippen LogP contribution < -0.4 is 0 Å². The monoisotopic (exact) mass is 428 g/mol. The summed E-state index contributed by atoms with van der Waals surface area (Å²) in [5.74, 6) is -0.164. The zero-order chi connectivity index (χ0) is 17.0. The Hall–Kier alpha value is -2.22. The third kappa shape index (κ3) is 8.24. The maximum atomic E-state index is 9.68. The van der Waals surface area contributed by atoms with Crippen molar-refractivity contribution in [3.8, 4) is 0 Å². The van der Waals surface area contributed by atoms with Crippen LogP contribution in [0.1, 0.15) is 0 Å². The maximum absolute atomic E-state index is 9.68. The van der Waals surface area contributed by atoms with Gasteiger partial charge in [0.2, 0.25) is 0 Å². The summed E-state index contributed by atoms with van der Waals surface area (Å²) in [6.45, 7) is 0. The molecule has 0 saturated heterocycles. The smallest absolute Gasteiger partial charge is 0.504 e. The minimum atomic E-state index is -0.0822. The normalized spacial score (nSPS) is 12.3. The van der Waals surface area contributed by atoms with E-state index >= 15 is 0 Å². The molecule has 0 aromatic heterocycles. The van der Waals surface area contributed by atoms with Gasteiger partial charge < -0.3 is 10.2 Å². The van der Waals surface area contributed by atoms with Gasteiger partial charge in [0.05, 0.1) is 0 Å². The van der Waals surface area contributed by atoms with Crippen LogP contribution in [0, 0.1) is 0 Å². The molecule has 2 aliphatic rings. The maximum Gasteiger partial charge on any atom is 2.00 e. The third-order valence-corrected chi connectivity index (χ3v) is 3.21. The SMILES string of the molecule is OC(=C1C=CC=C1)C(O)=C1C=CC=C1.[Fe+2].[Fe].c1cc[cH-]c1.c1cc[cH-]c1. The molecule has 2 nitrogen and oxygen atoms in total. The van der Waals surface area contributed by atoms with Crippen LogP contribution in [0.15, 0.2) is 132 Å². The van der Waals surface area contributed by atoms with Gasteiger partial charge in [0.1, 0.15) is 0 Å². The fourth-order valence-electron chi connectivity index (χ4n) is 1.98. The van der Waals surface area contributed by atoms with Gasteiger partial charge in [0, 0.05) is 28.2 Å². The van der Waals surface area contributed by atoms with Gasteiger partial charge in [-0.15, -0.1) is 0 Å². The molecular formula is C22H20Fe2O2. The predicted octanol–water partition coefficient (Wildman–Crippen LogP) is 5.67. The Bertz CT molecular complexity index is 642. The minimum Gasteiger partial charge on any atom is -0.504 e. The van der Waals surface area contributed by atoms with E-state index < -0.39 is 0 Å². The molecule has 0 atom stereocenters. The van der Waals surface area contributed by atoms with Crippen LogP contribution in [-0.4, -0.2) is 10.2 Å². The molecule has 2 aliphatic carbocycles. The molecule has 0 spiro atoms. The molecule has 2 N–H and O–H groups in total. The van der Waals surface area contributed by atoms with E-state index in [0.29, 0.717) is 11.1 Å². The summed E-state index contributed by atoms with van der Waals surface area (Å²) in [6, 6.07) is 20.0. The van der Waals surface area contributed by atoms with Crippen LogP contribution >= 0.6 is 0 Å². The Morgan fingerprint density at radius 1 is 0.577 bits per heavy atom. The number of allylic oxidation sites excluding steroid dienone is 10. The van der Waals surface area contributed by atoms with E-state index in [2.05, 4.69) is 0 Å². The Morgan fingerprint density at radius 2 is 0.846 bits per heavy atom. The van der Waals surface area contributed by atoms with Crippen LogP contribution in [0.25, 0.3) is 0 Å². The van der Waals surface area contributed by atoms with E-state index in [4.69, 9.17) is 0 Å². The van der Waals surface area contributed by atoms with E-state index in [-0.39, 0.29) is 45.7 Å². The summed E-state index contributed by atoms with van der Waals surface area (Å²) in [4.78, 5) is 0. The van der Waals surface area contributed by atoms with Crippen LogP contribution in [0.5, 0.6) is 0 Å². The van der Waals surface area contributed by atoms with Gasteiger partial charge >= 0.3 is 17.1 Å². The number of aliphatic hydroxyl groups excluding tert-OH is 2. The van der Waals surface area contributed by atoms with Crippen molar-refractivity contribution in [3.63, 3.8) is 0 Å². The minimum absolute atomic E-state index is 0. The molecule has 0 saturated carbocycles. The quantitative estimate of drug-likeness (QED) is 0.349. The number of rotatable bonds is 1. The summed E-state index contributed by atoms with van der Waals surface area (Å²) in [6.07, 6.45) is 14.2. The van der Waals surface area contributed by atoms with Crippen molar-refractivity contribution in [3.05, 3.63) is 132 Å². The molecule has 0 unspecified atom stereocenters. The molecule has 2 aromatic rings. The molecule has 0 radical (unpaired) electrons. The van der Waals surface area contributed by atoms with Crippen molar-refractivity contribution in [2.24, 2.45) is 0 Å². The van der Waals surface area contributed by atoms with Crippen LogP contribution in [-0.2, 0) is 34.1 Å². The van der Waals surface area contributed by atoms with Crippen LogP contribution in [0.3, 0.4) is 0 Å². The molecule has 0 aliphatic heterocycles. The Labute approximate surface area is 175 Å². The fourth-order valence-corrected chi connectivity index (χ4v) is 1.98. The van der Waals surface area contributed by atoms with Gasteiger partial charge in [-0.05, 0) is 0 Å². The average Bonchev–Trinajstić information content (AvgIpc) is 3.41. The van der Waals surface area contributed by atoms with Crippen LogP contribution in [0.2, 0.25) is 0 Å². The Balaban J connectivity index is 0.000000432. The Morgan fingerprint density at radius 3 is 1.04 bits per heavy atom. The topological polar surface area (TPSA) is 40.5 Å². The summed E-state index contributed by atoms with van der Waals surface area (Å²) in [7, 11) is 0. The zero-order valence-corrected chi connectivity index (χ0v) is 16.2. The summed E-state index contributed by atoms with van der Waals surface area (Å²) in [5, 5.41) is 19.4. The second kappa shape index (κ2) is 14.0. The van der Waals surface area contributed by atoms with Crippen LogP contribution in [0.4, 0.5) is 0 Å². The third-order valence-electron chi connectivity index (χ3n) is 3.21. The van der Waals surface area contributed by atoms with Crippen molar-refractivity contribution >= 4 is 0 Å². The molecule has 4 heteroatoms. The van der Waals surface area contributed by atoms with Crippen molar-refractivity contribution in [2.45, 2.75) is 0 Å². The number of hydrogen-bond acceptors (Lipinski definition) is 2. The number of hydrogen-bond donors (Lipinski definition) is 2. The first kappa shape index (κ1) is 23.8. The first-order chi connectivity index (χ1) is 11.8. The molecule has 136 valence electrons. The molecule has 4 rings (SSSR count). The van der Waals surface area contributed by atoms with Crippen molar-refractivity contribution in [1.29, 1.82) is 0 Å². The first-order valence-corrected chi connectivity index (χ1v) is 7.69. The molecule has 26 heavy (non-hydrogen) atoms.